The summed E-state index contributed by atoms with van der Waals surface area (Å²) >= 11 is 5.93. The van der Waals surface area contributed by atoms with Gasteiger partial charge in [-0.2, -0.15) is 0 Å². The molecule has 84 valence electrons. The van der Waals surface area contributed by atoms with Crippen molar-refractivity contribution in [3.05, 3.63) is 44.7 Å². The first kappa shape index (κ1) is 11.1. The number of halogens is 3. The van der Waals surface area contributed by atoms with Crippen LogP contribution < -0.4 is 5.56 Å². The zero-order chi connectivity index (χ0) is 12.0. The molecule has 16 heavy (non-hydrogen) atoms. The molecule has 2 nitrogen and oxygen atoms in total. The molecule has 0 saturated carbocycles. The first-order chi connectivity index (χ1) is 7.43. The maximum Gasteiger partial charge on any atom is 0.255 e. The average Bonchev–Trinajstić information content (AvgIpc) is 2.26. The molecule has 1 aromatic carbocycles. The highest BCUT2D eigenvalue weighted by atomic mass is 35.5. The Bertz CT molecular complexity index is 649. The maximum atomic E-state index is 13.1. The quantitative estimate of drug-likeness (QED) is 0.697. The Balaban J connectivity index is 3.09. The predicted molar refractivity (Wildman–Crippen MR) is 58.9 cm³/mol. The summed E-state index contributed by atoms with van der Waals surface area (Å²) in [6, 6.07) is 1.97. The highest BCUT2D eigenvalue weighted by Crippen LogP contribution is 2.26. The van der Waals surface area contributed by atoms with Gasteiger partial charge in [0.25, 0.3) is 5.56 Å². The first-order valence-electron chi connectivity index (χ1n) is 4.57. The summed E-state index contributed by atoms with van der Waals surface area (Å²) in [7, 11) is 1.49. The van der Waals surface area contributed by atoms with Crippen LogP contribution in [0.2, 0.25) is 5.02 Å². The van der Waals surface area contributed by atoms with E-state index in [1.807, 2.05) is 0 Å². The van der Waals surface area contributed by atoms with Crippen LogP contribution in [0.3, 0.4) is 0 Å². The van der Waals surface area contributed by atoms with Gasteiger partial charge in [-0.3, -0.25) is 4.79 Å². The Morgan fingerprint density at radius 1 is 1.25 bits per heavy atom. The van der Waals surface area contributed by atoms with E-state index in [1.165, 1.54) is 11.6 Å². The second-order valence-corrected chi connectivity index (χ2v) is 3.96. The second-order valence-electron chi connectivity index (χ2n) is 3.59. The van der Waals surface area contributed by atoms with Crippen LogP contribution in [0.5, 0.6) is 0 Å². The van der Waals surface area contributed by atoms with Crippen LogP contribution in [-0.2, 0) is 7.05 Å². The van der Waals surface area contributed by atoms with Gasteiger partial charge in [-0.1, -0.05) is 11.6 Å². The number of nitrogens with zero attached hydrogens (tertiary/aromatic N) is 1. The summed E-state index contributed by atoms with van der Waals surface area (Å²) in [5, 5.41) is 0.497. The van der Waals surface area contributed by atoms with Gasteiger partial charge in [-0.15, -0.1) is 0 Å². The van der Waals surface area contributed by atoms with Crippen molar-refractivity contribution in [2.24, 2.45) is 7.05 Å². The van der Waals surface area contributed by atoms with Gasteiger partial charge in [0.15, 0.2) is 11.6 Å². The van der Waals surface area contributed by atoms with Crippen molar-refractivity contribution in [1.82, 2.24) is 4.57 Å². The number of hydrogen-bond donors (Lipinski definition) is 0. The van der Waals surface area contributed by atoms with Crippen LogP contribution in [0.4, 0.5) is 8.78 Å². The molecule has 5 heteroatoms. The molecule has 1 aromatic heterocycles. The Hall–Kier alpha value is -1.42. The van der Waals surface area contributed by atoms with E-state index in [2.05, 4.69) is 0 Å². The van der Waals surface area contributed by atoms with Crippen molar-refractivity contribution in [3.63, 3.8) is 0 Å². The molecule has 0 spiro atoms. The van der Waals surface area contributed by atoms with Crippen molar-refractivity contribution in [1.29, 1.82) is 0 Å². The summed E-state index contributed by atoms with van der Waals surface area (Å²) in [5.41, 5.74) is 0.283. The number of fused-ring (bicyclic) bond motifs is 1. The van der Waals surface area contributed by atoms with Crippen molar-refractivity contribution >= 4 is 22.5 Å². The first-order valence-corrected chi connectivity index (χ1v) is 4.95. The van der Waals surface area contributed by atoms with Gasteiger partial charge in [-0.25, -0.2) is 8.78 Å². The van der Waals surface area contributed by atoms with Crippen LogP contribution in [0.15, 0.2) is 16.9 Å². The molecule has 0 N–H and O–H groups in total. The van der Waals surface area contributed by atoms with E-state index >= 15 is 0 Å². The lowest BCUT2D eigenvalue weighted by atomic mass is 10.1. The van der Waals surface area contributed by atoms with Crippen LogP contribution >= 0.6 is 11.6 Å². The van der Waals surface area contributed by atoms with Gasteiger partial charge in [0.1, 0.15) is 0 Å². The molecule has 0 aliphatic carbocycles. The van der Waals surface area contributed by atoms with Crippen LogP contribution in [0.25, 0.3) is 10.9 Å². The lowest BCUT2D eigenvalue weighted by Crippen LogP contribution is -2.20. The predicted octanol–water partition coefficient (Wildman–Crippen LogP) is 2.78. The highest BCUT2D eigenvalue weighted by molar-refractivity contribution is 6.36. The second kappa shape index (κ2) is 3.56. The molecule has 0 radical (unpaired) electrons. The molecule has 0 amide bonds. The number of aryl methyl sites for hydroxylation is 1. The Labute approximate surface area is 95.1 Å². The fraction of sp³-hybridized carbons (Fsp3) is 0.182. The van der Waals surface area contributed by atoms with Crippen molar-refractivity contribution in [2.75, 3.05) is 0 Å². The fourth-order valence-electron chi connectivity index (χ4n) is 1.65. The van der Waals surface area contributed by atoms with Gasteiger partial charge in [-0.05, 0) is 13.0 Å². The number of aromatic nitrogens is 1. The number of rotatable bonds is 0. The van der Waals surface area contributed by atoms with Gasteiger partial charge >= 0.3 is 0 Å². The maximum absolute atomic E-state index is 13.1. The zero-order valence-corrected chi connectivity index (χ0v) is 9.40. The van der Waals surface area contributed by atoms with Crippen molar-refractivity contribution in [3.8, 4) is 0 Å². The van der Waals surface area contributed by atoms with E-state index in [0.29, 0.717) is 10.9 Å². The largest absolute Gasteiger partial charge is 0.311 e. The Kier molecular flexibility index (Phi) is 2.46. The molecule has 2 rings (SSSR count). The van der Waals surface area contributed by atoms with Gasteiger partial charge < -0.3 is 4.57 Å². The molecule has 0 aliphatic heterocycles. The van der Waals surface area contributed by atoms with Gasteiger partial charge in [0.2, 0.25) is 0 Å². The van der Waals surface area contributed by atoms with Crippen LogP contribution in [0, 0.1) is 18.6 Å². The molecule has 0 aliphatic rings. The van der Waals surface area contributed by atoms with E-state index in [1.54, 1.807) is 6.92 Å². The molecule has 0 saturated heterocycles. The molecule has 0 fully saturated rings. The Morgan fingerprint density at radius 2 is 1.81 bits per heavy atom. The standard InChI is InChI=1S/C11H8ClF2NO/c1-5-10(12)6-3-7(13)8(14)4-9(6)15(2)11(5)16/h3-4H,1-2H3. The summed E-state index contributed by atoms with van der Waals surface area (Å²) in [6.45, 7) is 1.55. The fourth-order valence-corrected chi connectivity index (χ4v) is 1.88. The smallest absolute Gasteiger partial charge is 0.255 e. The van der Waals surface area contributed by atoms with Crippen LogP contribution in [0.1, 0.15) is 5.56 Å². The molecule has 0 unspecified atom stereocenters. The summed E-state index contributed by atoms with van der Waals surface area (Å²) in [4.78, 5) is 11.7. The van der Waals surface area contributed by atoms with E-state index in [4.69, 9.17) is 11.6 Å². The van der Waals surface area contributed by atoms with Gasteiger partial charge in [0.05, 0.1) is 10.5 Å². The molecule has 0 atom stereocenters. The minimum absolute atomic E-state index is 0.164. The number of hydrogen-bond acceptors (Lipinski definition) is 1. The lowest BCUT2D eigenvalue weighted by Gasteiger charge is -2.09. The van der Waals surface area contributed by atoms with Crippen molar-refractivity contribution < 1.29 is 8.78 Å². The third kappa shape index (κ3) is 1.41. The van der Waals surface area contributed by atoms with Crippen LogP contribution in [-0.4, -0.2) is 4.57 Å². The minimum Gasteiger partial charge on any atom is -0.311 e. The monoisotopic (exact) mass is 243 g/mol. The highest BCUT2D eigenvalue weighted by Gasteiger charge is 2.13. The molecule has 2 aromatic rings. The summed E-state index contributed by atoms with van der Waals surface area (Å²) in [6.07, 6.45) is 0. The lowest BCUT2D eigenvalue weighted by molar-refractivity contribution is 0.510. The topological polar surface area (TPSA) is 22.0 Å². The number of pyridine rings is 1. The van der Waals surface area contributed by atoms with E-state index < -0.39 is 11.6 Å². The van der Waals surface area contributed by atoms with Gasteiger partial charge in [0, 0.05) is 24.1 Å². The molecule has 0 bridgehead atoms. The third-order valence-corrected chi connectivity index (χ3v) is 3.08. The average molecular weight is 244 g/mol. The molecular formula is C11H8ClF2NO. The van der Waals surface area contributed by atoms with Crippen molar-refractivity contribution in [2.45, 2.75) is 6.92 Å². The minimum atomic E-state index is -0.998. The van der Waals surface area contributed by atoms with E-state index in [9.17, 15) is 13.6 Å². The Morgan fingerprint density at radius 3 is 2.44 bits per heavy atom. The van der Waals surface area contributed by atoms with E-state index in [-0.39, 0.29) is 16.1 Å². The molecular weight excluding hydrogens is 236 g/mol. The SMILES string of the molecule is Cc1c(Cl)c2cc(F)c(F)cc2n(C)c1=O. The number of benzene rings is 1. The zero-order valence-electron chi connectivity index (χ0n) is 8.64. The summed E-state index contributed by atoms with van der Waals surface area (Å²) < 4.78 is 27.4. The summed E-state index contributed by atoms with van der Waals surface area (Å²) in [5.74, 6) is -1.98. The third-order valence-electron chi connectivity index (χ3n) is 2.59. The van der Waals surface area contributed by atoms with E-state index in [0.717, 1.165) is 12.1 Å². The molecule has 1 heterocycles. The normalized spacial score (nSPS) is 11.1.